The first kappa shape index (κ1) is 14.2. The van der Waals surface area contributed by atoms with E-state index in [0.717, 1.165) is 4.90 Å². The van der Waals surface area contributed by atoms with E-state index in [-0.39, 0.29) is 30.2 Å². The van der Waals surface area contributed by atoms with Crippen molar-refractivity contribution in [1.29, 1.82) is 0 Å². The van der Waals surface area contributed by atoms with Crippen LogP contribution in [-0.2, 0) is 14.3 Å². The molecule has 1 saturated heterocycles. The molecule has 0 aliphatic carbocycles. The minimum Gasteiger partial charge on any atom is -0.456 e. The van der Waals surface area contributed by atoms with Crippen molar-refractivity contribution in [3.63, 3.8) is 0 Å². The molecule has 1 fully saturated rings. The first-order chi connectivity index (χ1) is 9.29. The van der Waals surface area contributed by atoms with Crippen LogP contribution in [0.25, 0.3) is 0 Å². The van der Waals surface area contributed by atoms with Crippen LogP contribution in [0.2, 0.25) is 0 Å². The maximum atomic E-state index is 12.2. The second kappa shape index (κ2) is 5.07. The Morgan fingerprint density at radius 3 is 2.20 bits per heavy atom. The van der Waals surface area contributed by atoms with Crippen LogP contribution in [0, 0.1) is 0 Å². The zero-order chi connectivity index (χ0) is 14.9. The fraction of sp³-hybridized carbons (Fsp3) is 0.400. The lowest BCUT2D eigenvalue weighted by molar-refractivity contribution is -0.121. The molecule has 0 unspecified atom stereocenters. The summed E-state index contributed by atoms with van der Waals surface area (Å²) in [6.45, 7) is 5.29. The summed E-state index contributed by atoms with van der Waals surface area (Å²) in [5.74, 6) is -1.11. The van der Waals surface area contributed by atoms with Crippen molar-refractivity contribution >= 4 is 23.5 Å². The Labute approximate surface area is 117 Å². The van der Waals surface area contributed by atoms with Gasteiger partial charge in [0.05, 0.1) is 11.3 Å². The molecule has 0 bridgehead atoms. The normalized spacial score (nSPS) is 15.7. The van der Waals surface area contributed by atoms with Crippen molar-refractivity contribution < 1.29 is 19.1 Å². The zero-order valence-electron chi connectivity index (χ0n) is 11.8. The number of amides is 2. The Balaban J connectivity index is 2.38. The first-order valence-corrected chi connectivity index (χ1v) is 6.48. The summed E-state index contributed by atoms with van der Waals surface area (Å²) in [5.41, 5.74) is -0.108. The van der Waals surface area contributed by atoms with Gasteiger partial charge in [0, 0.05) is 12.8 Å². The third-order valence-corrected chi connectivity index (χ3v) is 2.82. The molecule has 2 amide bonds. The van der Waals surface area contributed by atoms with Crippen LogP contribution in [-0.4, -0.2) is 23.4 Å². The third kappa shape index (κ3) is 2.87. The average Bonchev–Trinajstić information content (AvgIpc) is 2.67. The summed E-state index contributed by atoms with van der Waals surface area (Å²) in [6.07, 6.45) is 0.364. The average molecular weight is 275 g/mol. The Morgan fingerprint density at radius 1 is 1.10 bits per heavy atom. The van der Waals surface area contributed by atoms with Crippen LogP contribution in [0.3, 0.4) is 0 Å². The van der Waals surface area contributed by atoms with E-state index in [0.29, 0.717) is 5.69 Å². The van der Waals surface area contributed by atoms with Crippen LogP contribution < -0.4 is 4.90 Å². The maximum Gasteiger partial charge on any atom is 0.340 e. The standard InChI is InChI=1S/C15H17NO4/c1-15(2,3)20-14(19)10-6-4-5-7-11(10)16-12(17)8-9-13(16)18/h4-7H,8-9H2,1-3H3. The molecule has 1 aliphatic rings. The summed E-state index contributed by atoms with van der Waals surface area (Å²) in [5, 5.41) is 0. The molecule has 20 heavy (non-hydrogen) atoms. The SMILES string of the molecule is CC(C)(C)OC(=O)c1ccccc1N1C(=O)CCC1=O. The molecule has 106 valence electrons. The highest BCUT2D eigenvalue weighted by atomic mass is 16.6. The molecule has 1 aromatic rings. The minimum atomic E-state index is -0.636. The van der Waals surface area contributed by atoms with Crippen molar-refractivity contribution in [3.8, 4) is 0 Å². The largest absolute Gasteiger partial charge is 0.456 e. The van der Waals surface area contributed by atoms with Gasteiger partial charge in [-0.3, -0.25) is 9.59 Å². The van der Waals surface area contributed by atoms with Crippen LogP contribution in [0.4, 0.5) is 5.69 Å². The van der Waals surface area contributed by atoms with Crippen LogP contribution >= 0.6 is 0 Å². The molecule has 0 atom stereocenters. The number of esters is 1. The van der Waals surface area contributed by atoms with Crippen molar-refractivity contribution in [2.24, 2.45) is 0 Å². The molecule has 1 heterocycles. The zero-order valence-corrected chi connectivity index (χ0v) is 11.8. The van der Waals surface area contributed by atoms with E-state index >= 15 is 0 Å². The fourth-order valence-corrected chi connectivity index (χ4v) is 2.02. The molecule has 5 nitrogen and oxygen atoms in total. The Kier molecular flexibility index (Phi) is 3.61. The highest BCUT2D eigenvalue weighted by Crippen LogP contribution is 2.27. The van der Waals surface area contributed by atoms with E-state index in [1.54, 1.807) is 45.0 Å². The number of para-hydroxylation sites is 1. The lowest BCUT2D eigenvalue weighted by atomic mass is 10.1. The number of rotatable bonds is 2. The fourth-order valence-electron chi connectivity index (χ4n) is 2.02. The second-order valence-electron chi connectivity index (χ2n) is 5.64. The van der Waals surface area contributed by atoms with Gasteiger partial charge in [-0.2, -0.15) is 0 Å². The van der Waals surface area contributed by atoms with E-state index in [9.17, 15) is 14.4 Å². The number of benzene rings is 1. The summed E-state index contributed by atoms with van der Waals surface area (Å²) in [6, 6.07) is 6.50. The van der Waals surface area contributed by atoms with Crippen molar-refractivity contribution in [3.05, 3.63) is 29.8 Å². The second-order valence-corrected chi connectivity index (χ2v) is 5.64. The topological polar surface area (TPSA) is 63.7 Å². The van der Waals surface area contributed by atoms with Gasteiger partial charge in [-0.1, -0.05) is 12.1 Å². The molecule has 2 rings (SSSR count). The van der Waals surface area contributed by atoms with Gasteiger partial charge in [0.2, 0.25) is 11.8 Å². The molecule has 0 spiro atoms. The minimum absolute atomic E-state index is 0.182. The van der Waals surface area contributed by atoms with Gasteiger partial charge >= 0.3 is 5.97 Å². The summed E-state index contributed by atoms with van der Waals surface area (Å²) in [7, 11) is 0. The third-order valence-electron chi connectivity index (χ3n) is 2.82. The molecule has 1 aromatic carbocycles. The van der Waals surface area contributed by atoms with E-state index < -0.39 is 11.6 Å². The van der Waals surface area contributed by atoms with Crippen molar-refractivity contribution in [2.75, 3.05) is 4.90 Å². The molecule has 0 aromatic heterocycles. The Morgan fingerprint density at radius 2 is 1.65 bits per heavy atom. The van der Waals surface area contributed by atoms with Crippen molar-refractivity contribution in [2.45, 2.75) is 39.2 Å². The predicted molar refractivity (Wildman–Crippen MR) is 73.3 cm³/mol. The summed E-state index contributed by atoms with van der Waals surface area (Å²) >= 11 is 0. The maximum absolute atomic E-state index is 12.2. The van der Waals surface area contributed by atoms with Crippen molar-refractivity contribution in [1.82, 2.24) is 0 Å². The highest BCUT2D eigenvalue weighted by Gasteiger charge is 2.33. The number of carbonyl (C=O) groups excluding carboxylic acids is 3. The Hall–Kier alpha value is -2.17. The highest BCUT2D eigenvalue weighted by molar-refractivity contribution is 6.21. The number of anilines is 1. The molecular weight excluding hydrogens is 258 g/mol. The van der Waals surface area contributed by atoms with E-state index in [1.807, 2.05) is 0 Å². The molecule has 5 heteroatoms. The number of hydrogen-bond acceptors (Lipinski definition) is 4. The van der Waals surface area contributed by atoms with Gasteiger partial charge in [0.15, 0.2) is 0 Å². The van der Waals surface area contributed by atoms with Crippen LogP contribution in [0.15, 0.2) is 24.3 Å². The smallest absolute Gasteiger partial charge is 0.340 e. The lowest BCUT2D eigenvalue weighted by Crippen LogP contribution is -2.31. The summed E-state index contributed by atoms with van der Waals surface area (Å²) < 4.78 is 5.31. The summed E-state index contributed by atoms with van der Waals surface area (Å²) in [4.78, 5) is 36.8. The Bertz CT molecular complexity index is 555. The van der Waals surface area contributed by atoms with Gasteiger partial charge in [-0.05, 0) is 32.9 Å². The molecule has 0 radical (unpaired) electrons. The van der Waals surface area contributed by atoms with Gasteiger partial charge < -0.3 is 4.74 Å². The number of carbonyl (C=O) groups is 3. The molecule has 0 N–H and O–H groups in total. The van der Waals surface area contributed by atoms with Crippen LogP contribution in [0.5, 0.6) is 0 Å². The lowest BCUT2D eigenvalue weighted by Gasteiger charge is -2.22. The first-order valence-electron chi connectivity index (χ1n) is 6.48. The monoisotopic (exact) mass is 275 g/mol. The number of imide groups is 1. The number of nitrogens with zero attached hydrogens (tertiary/aromatic N) is 1. The van der Waals surface area contributed by atoms with Gasteiger partial charge in [0.1, 0.15) is 5.60 Å². The van der Waals surface area contributed by atoms with Gasteiger partial charge in [-0.25, -0.2) is 9.69 Å². The quantitative estimate of drug-likeness (QED) is 0.613. The number of ether oxygens (including phenoxy) is 1. The molecular formula is C15H17NO4. The molecule has 0 saturated carbocycles. The van der Waals surface area contributed by atoms with E-state index in [4.69, 9.17) is 4.74 Å². The van der Waals surface area contributed by atoms with Crippen LogP contribution in [0.1, 0.15) is 44.0 Å². The predicted octanol–water partition coefficient (Wildman–Crippen LogP) is 2.30. The van der Waals surface area contributed by atoms with E-state index in [2.05, 4.69) is 0 Å². The number of hydrogen-bond donors (Lipinski definition) is 0. The van der Waals surface area contributed by atoms with E-state index in [1.165, 1.54) is 0 Å². The molecule has 1 aliphatic heterocycles. The van der Waals surface area contributed by atoms with Gasteiger partial charge in [0.25, 0.3) is 0 Å². The van der Waals surface area contributed by atoms with Gasteiger partial charge in [-0.15, -0.1) is 0 Å².